The molecule has 2 aromatic rings. The number of nitrogens with zero attached hydrogens (tertiary/aromatic N) is 1. The molecule has 1 amide bonds. The Balaban J connectivity index is 1.79. The normalized spacial score (nSPS) is 11.3. The molecule has 5 heteroatoms. The molecule has 0 aromatic heterocycles. The highest BCUT2D eigenvalue weighted by Gasteiger charge is 2.11. The van der Waals surface area contributed by atoms with Crippen molar-refractivity contribution < 1.29 is 14.3 Å². The van der Waals surface area contributed by atoms with Gasteiger partial charge in [0.1, 0.15) is 5.75 Å². The van der Waals surface area contributed by atoms with Gasteiger partial charge in [-0.25, -0.2) is 0 Å². The molecule has 1 unspecified atom stereocenters. The van der Waals surface area contributed by atoms with Gasteiger partial charge in [0.15, 0.2) is 6.61 Å². The van der Waals surface area contributed by atoms with Gasteiger partial charge in [0, 0.05) is 13.7 Å². The van der Waals surface area contributed by atoms with E-state index in [-0.39, 0.29) is 18.6 Å². The summed E-state index contributed by atoms with van der Waals surface area (Å²) in [6.07, 6.45) is -0.199. The maximum atomic E-state index is 11.8. The molecule has 0 saturated carbocycles. The lowest BCUT2D eigenvalue weighted by atomic mass is 10.1. The highest BCUT2D eigenvalue weighted by Crippen LogP contribution is 2.15. The van der Waals surface area contributed by atoms with Crippen molar-refractivity contribution in [2.75, 3.05) is 20.3 Å². The number of benzene rings is 2. The lowest BCUT2D eigenvalue weighted by Gasteiger charge is -2.16. The Morgan fingerprint density at radius 1 is 1.17 bits per heavy atom. The highest BCUT2D eigenvalue weighted by molar-refractivity contribution is 5.77. The molecule has 0 bridgehead atoms. The molecule has 0 heterocycles. The molecule has 0 aliphatic heterocycles. The second-order valence-corrected chi connectivity index (χ2v) is 4.86. The number of carbonyl (C=O) groups is 1. The van der Waals surface area contributed by atoms with Gasteiger partial charge < -0.3 is 14.8 Å². The van der Waals surface area contributed by atoms with Crippen LogP contribution in [-0.4, -0.2) is 26.2 Å². The van der Waals surface area contributed by atoms with Crippen LogP contribution >= 0.6 is 0 Å². The number of rotatable bonds is 7. The zero-order valence-corrected chi connectivity index (χ0v) is 12.9. The molecule has 0 aliphatic rings. The van der Waals surface area contributed by atoms with E-state index in [1.165, 1.54) is 0 Å². The van der Waals surface area contributed by atoms with Crippen molar-refractivity contribution in [3.8, 4) is 11.8 Å². The summed E-state index contributed by atoms with van der Waals surface area (Å²) in [5.41, 5.74) is 1.55. The number of ether oxygens (including phenoxy) is 2. The SMILES string of the molecule is COC(CNC(=O)COc1ccc(C#N)cc1)c1ccccc1. The monoisotopic (exact) mass is 310 g/mol. The van der Waals surface area contributed by atoms with Crippen molar-refractivity contribution in [1.82, 2.24) is 5.32 Å². The largest absolute Gasteiger partial charge is 0.484 e. The Bertz CT molecular complexity index is 663. The smallest absolute Gasteiger partial charge is 0.258 e. The quantitative estimate of drug-likeness (QED) is 0.852. The van der Waals surface area contributed by atoms with Gasteiger partial charge in [-0.3, -0.25) is 4.79 Å². The number of nitriles is 1. The first kappa shape index (κ1) is 16.5. The average Bonchev–Trinajstić information content (AvgIpc) is 2.62. The topological polar surface area (TPSA) is 71.3 Å². The van der Waals surface area contributed by atoms with Crippen molar-refractivity contribution >= 4 is 5.91 Å². The molecule has 118 valence electrons. The zero-order chi connectivity index (χ0) is 16.5. The van der Waals surface area contributed by atoms with E-state index < -0.39 is 0 Å². The predicted octanol–water partition coefficient (Wildman–Crippen LogP) is 2.44. The van der Waals surface area contributed by atoms with Crippen molar-refractivity contribution in [1.29, 1.82) is 5.26 Å². The Hall–Kier alpha value is -2.84. The Labute approximate surface area is 135 Å². The van der Waals surface area contributed by atoms with E-state index in [1.807, 2.05) is 36.4 Å². The van der Waals surface area contributed by atoms with Crippen molar-refractivity contribution in [2.24, 2.45) is 0 Å². The number of amides is 1. The van der Waals surface area contributed by atoms with Crippen LogP contribution in [0.25, 0.3) is 0 Å². The fraction of sp³-hybridized carbons (Fsp3) is 0.222. The summed E-state index contributed by atoms with van der Waals surface area (Å²) in [7, 11) is 1.61. The minimum Gasteiger partial charge on any atom is -0.484 e. The third-order valence-corrected chi connectivity index (χ3v) is 3.29. The van der Waals surface area contributed by atoms with Crippen molar-refractivity contribution in [3.63, 3.8) is 0 Å². The molecule has 23 heavy (non-hydrogen) atoms. The number of nitrogens with one attached hydrogen (secondary N) is 1. The molecule has 2 aromatic carbocycles. The maximum absolute atomic E-state index is 11.8. The number of carbonyl (C=O) groups excluding carboxylic acids is 1. The van der Waals surface area contributed by atoms with Crippen LogP contribution in [0.2, 0.25) is 0 Å². The summed E-state index contributed by atoms with van der Waals surface area (Å²) in [6, 6.07) is 18.3. The zero-order valence-electron chi connectivity index (χ0n) is 12.9. The van der Waals surface area contributed by atoms with Gasteiger partial charge in [0.05, 0.1) is 17.7 Å². The van der Waals surface area contributed by atoms with E-state index in [0.29, 0.717) is 17.9 Å². The standard InChI is InChI=1S/C18H18N2O3/c1-22-17(15-5-3-2-4-6-15)12-20-18(21)13-23-16-9-7-14(11-19)8-10-16/h2-10,17H,12-13H2,1H3,(H,20,21). The lowest BCUT2D eigenvalue weighted by molar-refractivity contribution is -0.123. The van der Waals surface area contributed by atoms with Crippen molar-refractivity contribution in [3.05, 3.63) is 65.7 Å². The molecule has 0 aliphatic carbocycles. The first-order valence-corrected chi connectivity index (χ1v) is 7.20. The van der Waals surface area contributed by atoms with Crippen LogP contribution < -0.4 is 10.1 Å². The molecule has 1 N–H and O–H groups in total. The van der Waals surface area contributed by atoms with Gasteiger partial charge in [0.2, 0.25) is 0 Å². The molecular weight excluding hydrogens is 292 g/mol. The van der Waals surface area contributed by atoms with E-state index in [0.717, 1.165) is 5.56 Å². The summed E-state index contributed by atoms with van der Waals surface area (Å²) in [6.45, 7) is 0.285. The third-order valence-electron chi connectivity index (χ3n) is 3.29. The first-order valence-electron chi connectivity index (χ1n) is 7.20. The van der Waals surface area contributed by atoms with Crippen LogP contribution in [0.3, 0.4) is 0 Å². The second kappa shape index (κ2) is 8.57. The van der Waals surface area contributed by atoms with Crippen LogP contribution in [0, 0.1) is 11.3 Å². The molecule has 5 nitrogen and oxygen atoms in total. The van der Waals surface area contributed by atoms with E-state index in [9.17, 15) is 4.79 Å². The molecule has 0 saturated heterocycles. The van der Waals surface area contributed by atoms with E-state index in [1.54, 1.807) is 31.4 Å². The maximum Gasteiger partial charge on any atom is 0.258 e. The molecule has 0 spiro atoms. The Morgan fingerprint density at radius 2 is 1.87 bits per heavy atom. The van der Waals surface area contributed by atoms with Crippen LogP contribution in [0.5, 0.6) is 5.75 Å². The van der Waals surface area contributed by atoms with E-state index in [4.69, 9.17) is 14.7 Å². The van der Waals surface area contributed by atoms with Crippen LogP contribution in [0.15, 0.2) is 54.6 Å². The fourth-order valence-electron chi connectivity index (χ4n) is 2.04. The summed E-state index contributed by atoms with van der Waals surface area (Å²) in [5, 5.41) is 11.5. The predicted molar refractivity (Wildman–Crippen MR) is 85.9 cm³/mol. The van der Waals surface area contributed by atoms with Crippen molar-refractivity contribution in [2.45, 2.75) is 6.10 Å². The number of hydrogen-bond donors (Lipinski definition) is 1. The Kier molecular flexibility index (Phi) is 6.16. The average molecular weight is 310 g/mol. The van der Waals surface area contributed by atoms with Gasteiger partial charge in [0.25, 0.3) is 5.91 Å². The van der Waals surface area contributed by atoms with Gasteiger partial charge in [-0.1, -0.05) is 30.3 Å². The molecule has 2 rings (SSSR count). The first-order chi connectivity index (χ1) is 11.2. The summed E-state index contributed by atoms with van der Waals surface area (Å²) >= 11 is 0. The van der Waals surface area contributed by atoms with Crippen LogP contribution in [-0.2, 0) is 9.53 Å². The fourth-order valence-corrected chi connectivity index (χ4v) is 2.04. The van der Waals surface area contributed by atoms with Crippen LogP contribution in [0.4, 0.5) is 0 Å². The second-order valence-electron chi connectivity index (χ2n) is 4.86. The highest BCUT2D eigenvalue weighted by atomic mass is 16.5. The van der Waals surface area contributed by atoms with Gasteiger partial charge in [-0.15, -0.1) is 0 Å². The lowest BCUT2D eigenvalue weighted by Crippen LogP contribution is -2.33. The number of hydrogen-bond acceptors (Lipinski definition) is 4. The molecule has 1 atom stereocenters. The summed E-state index contributed by atoms with van der Waals surface area (Å²) in [4.78, 5) is 11.8. The van der Waals surface area contributed by atoms with Crippen LogP contribution in [0.1, 0.15) is 17.2 Å². The molecule has 0 radical (unpaired) electrons. The van der Waals surface area contributed by atoms with Gasteiger partial charge >= 0.3 is 0 Å². The molecule has 0 fully saturated rings. The van der Waals surface area contributed by atoms with Gasteiger partial charge in [-0.05, 0) is 29.8 Å². The summed E-state index contributed by atoms with van der Waals surface area (Å²) < 4.78 is 10.8. The minimum atomic E-state index is -0.229. The third kappa shape index (κ3) is 5.13. The Morgan fingerprint density at radius 3 is 2.48 bits per heavy atom. The molecular formula is C18H18N2O3. The van der Waals surface area contributed by atoms with Gasteiger partial charge in [-0.2, -0.15) is 5.26 Å². The van der Waals surface area contributed by atoms with E-state index >= 15 is 0 Å². The number of methoxy groups -OCH3 is 1. The minimum absolute atomic E-state index is 0.0862. The van der Waals surface area contributed by atoms with E-state index in [2.05, 4.69) is 5.32 Å². The summed E-state index contributed by atoms with van der Waals surface area (Å²) in [5.74, 6) is 0.317.